The molecule has 3 N–H and O–H groups in total. The molecule has 0 radical (unpaired) electrons. The molecule has 5 rings (SSSR count). The second kappa shape index (κ2) is 4.57. The van der Waals surface area contributed by atoms with Crippen molar-refractivity contribution in [3.8, 4) is 0 Å². The SMILES string of the molecule is O/N=C1\C2C[NH+]3CC[NH+](C2)CC1(Cc1ccccc1)C3. The molecule has 4 heteroatoms. The van der Waals surface area contributed by atoms with Crippen molar-refractivity contribution in [1.29, 1.82) is 0 Å². The maximum absolute atomic E-state index is 9.60. The third-order valence-corrected chi connectivity index (χ3v) is 5.50. The van der Waals surface area contributed by atoms with Crippen molar-refractivity contribution in [3.05, 3.63) is 35.9 Å². The van der Waals surface area contributed by atoms with E-state index in [-0.39, 0.29) is 5.41 Å². The summed E-state index contributed by atoms with van der Waals surface area (Å²) in [6, 6.07) is 10.7. The minimum Gasteiger partial charge on any atom is -0.411 e. The quantitative estimate of drug-likeness (QED) is 0.444. The third kappa shape index (κ3) is 1.86. The first kappa shape index (κ1) is 12.4. The molecule has 106 valence electrons. The maximum Gasteiger partial charge on any atom is 0.127 e. The monoisotopic (exact) mass is 273 g/mol. The summed E-state index contributed by atoms with van der Waals surface area (Å²) < 4.78 is 0. The van der Waals surface area contributed by atoms with E-state index in [4.69, 9.17) is 0 Å². The molecule has 4 heterocycles. The van der Waals surface area contributed by atoms with Crippen LogP contribution in [0.4, 0.5) is 0 Å². The van der Waals surface area contributed by atoms with E-state index >= 15 is 0 Å². The molecular weight excluding hydrogens is 250 g/mol. The van der Waals surface area contributed by atoms with Gasteiger partial charge >= 0.3 is 0 Å². The smallest absolute Gasteiger partial charge is 0.127 e. The molecule has 2 atom stereocenters. The highest BCUT2D eigenvalue weighted by atomic mass is 16.4. The first-order chi connectivity index (χ1) is 9.79. The Morgan fingerprint density at radius 2 is 1.75 bits per heavy atom. The predicted molar refractivity (Wildman–Crippen MR) is 76.4 cm³/mol. The van der Waals surface area contributed by atoms with Crippen molar-refractivity contribution in [3.63, 3.8) is 0 Å². The number of hydrogen-bond donors (Lipinski definition) is 3. The van der Waals surface area contributed by atoms with Crippen molar-refractivity contribution in [2.24, 2.45) is 16.5 Å². The van der Waals surface area contributed by atoms with Gasteiger partial charge in [-0.05, 0) is 12.0 Å². The van der Waals surface area contributed by atoms with Crippen LogP contribution in [-0.4, -0.2) is 50.2 Å². The van der Waals surface area contributed by atoms with Crippen LogP contribution in [0.2, 0.25) is 0 Å². The molecule has 0 aromatic heterocycles. The summed E-state index contributed by atoms with van der Waals surface area (Å²) in [5.41, 5.74) is 2.55. The summed E-state index contributed by atoms with van der Waals surface area (Å²) in [5, 5.41) is 13.4. The molecule has 0 saturated carbocycles. The fourth-order valence-electron chi connectivity index (χ4n) is 4.86. The van der Waals surface area contributed by atoms with Crippen LogP contribution >= 0.6 is 0 Å². The molecule has 0 amide bonds. The average Bonchev–Trinajstić information content (AvgIpc) is 2.68. The maximum atomic E-state index is 9.60. The Labute approximate surface area is 119 Å². The van der Waals surface area contributed by atoms with Gasteiger partial charge in [0.15, 0.2) is 0 Å². The van der Waals surface area contributed by atoms with E-state index < -0.39 is 0 Å². The van der Waals surface area contributed by atoms with Gasteiger partial charge < -0.3 is 15.0 Å². The fourth-order valence-corrected chi connectivity index (χ4v) is 4.86. The molecule has 4 aliphatic rings. The number of nitrogens with one attached hydrogen (secondary N) is 2. The zero-order chi connectivity index (χ0) is 13.6. The van der Waals surface area contributed by atoms with Crippen LogP contribution in [0.15, 0.2) is 35.5 Å². The molecule has 4 fully saturated rings. The van der Waals surface area contributed by atoms with Gasteiger partial charge in [0, 0.05) is 0 Å². The zero-order valence-corrected chi connectivity index (χ0v) is 11.8. The highest BCUT2D eigenvalue weighted by Gasteiger charge is 2.57. The van der Waals surface area contributed by atoms with Gasteiger partial charge in [0.05, 0.1) is 37.8 Å². The minimum atomic E-state index is 0.0818. The lowest BCUT2D eigenvalue weighted by molar-refractivity contribution is -0.918. The van der Waals surface area contributed by atoms with Crippen LogP contribution in [-0.2, 0) is 6.42 Å². The Balaban J connectivity index is 1.73. The molecule has 1 aromatic carbocycles. The Morgan fingerprint density at radius 3 is 2.35 bits per heavy atom. The summed E-state index contributed by atoms with van der Waals surface area (Å²) >= 11 is 0. The first-order valence-electron chi connectivity index (χ1n) is 7.72. The lowest BCUT2D eigenvalue weighted by atomic mass is 9.67. The van der Waals surface area contributed by atoms with Crippen LogP contribution in [0.1, 0.15) is 5.56 Å². The van der Waals surface area contributed by atoms with Crippen molar-refractivity contribution in [1.82, 2.24) is 0 Å². The summed E-state index contributed by atoms with van der Waals surface area (Å²) in [6.45, 7) is 7.17. The van der Waals surface area contributed by atoms with Crippen molar-refractivity contribution in [2.75, 3.05) is 39.3 Å². The lowest BCUT2D eigenvalue weighted by Gasteiger charge is -2.45. The van der Waals surface area contributed by atoms with E-state index in [9.17, 15) is 5.21 Å². The average molecular weight is 273 g/mol. The van der Waals surface area contributed by atoms with Gasteiger partial charge in [0.2, 0.25) is 0 Å². The molecule has 20 heavy (non-hydrogen) atoms. The van der Waals surface area contributed by atoms with Gasteiger partial charge in [-0.15, -0.1) is 0 Å². The first-order valence-corrected chi connectivity index (χ1v) is 7.72. The standard InChI is InChI=1S/C16H21N3O/c20-17-15-14-9-18-6-7-19(10-14)12-16(15,11-18)8-13-4-2-1-3-5-13/h1-5,14,20H,6-12H2/p+2/b17-15+. The number of oxime groups is 1. The van der Waals surface area contributed by atoms with E-state index in [0.29, 0.717) is 5.92 Å². The second-order valence-corrected chi connectivity index (χ2v) is 6.89. The molecule has 4 aliphatic heterocycles. The molecule has 2 unspecified atom stereocenters. The van der Waals surface area contributed by atoms with Gasteiger partial charge in [-0.1, -0.05) is 35.5 Å². The predicted octanol–water partition coefficient (Wildman–Crippen LogP) is -1.53. The highest BCUT2D eigenvalue weighted by molar-refractivity contribution is 5.93. The van der Waals surface area contributed by atoms with E-state index in [1.54, 1.807) is 9.80 Å². The largest absolute Gasteiger partial charge is 0.411 e. The number of benzene rings is 1. The molecule has 0 spiro atoms. The van der Waals surface area contributed by atoms with Gasteiger partial charge in [0.25, 0.3) is 0 Å². The Bertz CT molecular complexity index is 512. The number of nitrogens with zero attached hydrogens (tertiary/aromatic N) is 1. The number of rotatable bonds is 2. The number of fused-ring (bicyclic) bond motifs is 1. The van der Waals surface area contributed by atoms with Crippen LogP contribution in [0.5, 0.6) is 0 Å². The minimum absolute atomic E-state index is 0.0818. The summed E-state index contributed by atoms with van der Waals surface area (Å²) in [5.74, 6) is 0.485. The second-order valence-electron chi connectivity index (χ2n) is 6.89. The van der Waals surface area contributed by atoms with E-state index in [1.807, 2.05) is 0 Å². The highest BCUT2D eigenvalue weighted by Crippen LogP contribution is 2.31. The summed E-state index contributed by atoms with van der Waals surface area (Å²) in [7, 11) is 0. The Kier molecular flexibility index (Phi) is 2.82. The summed E-state index contributed by atoms with van der Waals surface area (Å²) in [6.07, 6.45) is 1.02. The Hall–Kier alpha value is -1.39. The number of piperidine rings is 2. The van der Waals surface area contributed by atoms with Crippen LogP contribution in [0.3, 0.4) is 0 Å². The molecule has 1 aromatic rings. The number of quaternary nitrogens is 2. The van der Waals surface area contributed by atoms with E-state index in [2.05, 4.69) is 35.5 Å². The molecular formula is C16H23N3O+2. The van der Waals surface area contributed by atoms with Crippen LogP contribution in [0.25, 0.3) is 0 Å². The van der Waals surface area contributed by atoms with Crippen molar-refractivity contribution < 1.29 is 15.0 Å². The third-order valence-electron chi connectivity index (χ3n) is 5.50. The zero-order valence-electron chi connectivity index (χ0n) is 11.8. The van der Waals surface area contributed by atoms with E-state index in [1.165, 1.54) is 31.7 Å². The lowest BCUT2D eigenvalue weighted by Crippen LogP contribution is -3.17. The van der Waals surface area contributed by atoms with Gasteiger partial charge in [-0.25, -0.2) is 0 Å². The molecule has 4 nitrogen and oxygen atoms in total. The van der Waals surface area contributed by atoms with Gasteiger partial charge in [-0.3, -0.25) is 0 Å². The molecule has 4 saturated heterocycles. The van der Waals surface area contributed by atoms with Crippen LogP contribution in [0, 0.1) is 11.3 Å². The molecule has 0 aliphatic carbocycles. The normalized spacial score (nSPS) is 41.0. The topological polar surface area (TPSA) is 41.5 Å². The van der Waals surface area contributed by atoms with Crippen molar-refractivity contribution >= 4 is 5.71 Å². The Morgan fingerprint density at radius 1 is 1.10 bits per heavy atom. The fraction of sp³-hybridized carbons (Fsp3) is 0.562. The molecule has 4 bridgehead atoms. The van der Waals surface area contributed by atoms with E-state index in [0.717, 1.165) is 25.2 Å². The summed E-state index contributed by atoms with van der Waals surface area (Å²) in [4.78, 5) is 3.43. The van der Waals surface area contributed by atoms with Gasteiger partial charge in [-0.2, -0.15) is 0 Å². The van der Waals surface area contributed by atoms with Crippen molar-refractivity contribution in [2.45, 2.75) is 6.42 Å². The van der Waals surface area contributed by atoms with Gasteiger partial charge in [0.1, 0.15) is 18.5 Å². The van der Waals surface area contributed by atoms with Crippen LogP contribution < -0.4 is 9.80 Å². The number of hydrogen-bond acceptors (Lipinski definition) is 2.